The second kappa shape index (κ2) is 9.73. The smallest absolute Gasteiger partial charge is 0.338 e. The molecule has 5 rings (SSSR count). The standard InChI is InChI=1S/C29H33NO4/c1-3-33-28(31)25-11-7-6-10-23(25)20-12-13-21(30-17-20)14-15-24-22-9-5-4-8-19(22)16-26-27(24)18(2)34-29(26)32/h6-7,10-15,17-19,22,24,26-27H,3-5,8-9,16H2,1-2H3/b15-14+/t18-,19+,22-,24+,26-,27+/m1/s1. The summed E-state index contributed by atoms with van der Waals surface area (Å²) in [6.07, 6.45) is 12.2. The number of esters is 2. The Bertz CT molecular complexity index is 1080. The Kier molecular flexibility index (Phi) is 6.53. The number of hydrogen-bond donors (Lipinski definition) is 0. The molecule has 1 aliphatic heterocycles. The number of carbonyl (C=O) groups is 2. The van der Waals surface area contributed by atoms with Gasteiger partial charge in [0.2, 0.25) is 0 Å². The van der Waals surface area contributed by atoms with E-state index in [0.717, 1.165) is 23.2 Å². The minimum atomic E-state index is -0.321. The summed E-state index contributed by atoms with van der Waals surface area (Å²) in [5.41, 5.74) is 3.13. The number of cyclic esters (lactones) is 1. The first-order valence-corrected chi connectivity index (χ1v) is 12.7. The maximum absolute atomic E-state index is 12.5. The van der Waals surface area contributed by atoms with Crippen molar-refractivity contribution >= 4 is 18.0 Å². The number of fused-ring (bicyclic) bond motifs is 2. The number of hydrogen-bond acceptors (Lipinski definition) is 5. The first-order chi connectivity index (χ1) is 16.6. The van der Waals surface area contributed by atoms with Crippen molar-refractivity contribution in [2.24, 2.45) is 29.6 Å². The quantitative estimate of drug-likeness (QED) is 0.518. The Morgan fingerprint density at radius 3 is 2.79 bits per heavy atom. The van der Waals surface area contributed by atoms with Gasteiger partial charge in [-0.1, -0.05) is 49.6 Å². The van der Waals surface area contributed by atoms with Crippen LogP contribution < -0.4 is 0 Å². The summed E-state index contributed by atoms with van der Waals surface area (Å²) in [6.45, 7) is 4.21. The van der Waals surface area contributed by atoms with E-state index in [1.54, 1.807) is 6.07 Å². The molecule has 1 saturated heterocycles. The zero-order valence-electron chi connectivity index (χ0n) is 20.0. The van der Waals surface area contributed by atoms with E-state index in [-0.39, 0.29) is 29.9 Å². The predicted molar refractivity (Wildman–Crippen MR) is 131 cm³/mol. The molecule has 2 aromatic rings. The molecule has 6 atom stereocenters. The van der Waals surface area contributed by atoms with E-state index < -0.39 is 0 Å². The first-order valence-electron chi connectivity index (χ1n) is 12.7. The molecule has 0 amide bonds. The molecule has 0 N–H and O–H groups in total. The van der Waals surface area contributed by atoms with Gasteiger partial charge in [-0.2, -0.15) is 0 Å². The van der Waals surface area contributed by atoms with Gasteiger partial charge in [0.15, 0.2) is 0 Å². The van der Waals surface area contributed by atoms with Gasteiger partial charge in [-0.05, 0) is 68.2 Å². The van der Waals surface area contributed by atoms with E-state index in [4.69, 9.17) is 9.47 Å². The van der Waals surface area contributed by atoms with Gasteiger partial charge in [-0.25, -0.2) is 4.79 Å². The van der Waals surface area contributed by atoms with Crippen molar-refractivity contribution in [2.75, 3.05) is 6.61 Å². The van der Waals surface area contributed by atoms with Crippen molar-refractivity contribution in [3.63, 3.8) is 0 Å². The minimum absolute atomic E-state index is 0.00247. The van der Waals surface area contributed by atoms with Gasteiger partial charge in [-0.15, -0.1) is 0 Å². The molecule has 0 radical (unpaired) electrons. The molecule has 5 nitrogen and oxygen atoms in total. The van der Waals surface area contributed by atoms with Crippen LogP contribution in [-0.2, 0) is 14.3 Å². The van der Waals surface area contributed by atoms with Crippen molar-refractivity contribution in [1.29, 1.82) is 0 Å². The number of aromatic nitrogens is 1. The molecule has 5 heteroatoms. The lowest BCUT2D eigenvalue weighted by molar-refractivity contribution is -0.144. The SMILES string of the molecule is CCOC(=O)c1ccccc1-c1ccc(/C=C/[C@H]2[C@@H]3CCCC[C@H]3C[C@H]3C(=O)O[C@H](C)[C@@H]23)nc1. The maximum Gasteiger partial charge on any atom is 0.338 e. The third kappa shape index (κ3) is 4.28. The zero-order chi connectivity index (χ0) is 23.7. The van der Waals surface area contributed by atoms with Crippen molar-refractivity contribution in [3.05, 3.63) is 59.9 Å². The fraction of sp³-hybridized carbons (Fsp3) is 0.483. The van der Waals surface area contributed by atoms with Crippen LogP contribution in [0.5, 0.6) is 0 Å². The summed E-state index contributed by atoms with van der Waals surface area (Å²) in [7, 11) is 0. The highest BCUT2D eigenvalue weighted by Gasteiger charge is 2.53. The van der Waals surface area contributed by atoms with E-state index >= 15 is 0 Å². The molecule has 2 aliphatic carbocycles. The van der Waals surface area contributed by atoms with Crippen molar-refractivity contribution in [2.45, 2.75) is 52.1 Å². The van der Waals surface area contributed by atoms with Crippen LogP contribution in [0.2, 0.25) is 0 Å². The maximum atomic E-state index is 12.5. The van der Waals surface area contributed by atoms with E-state index in [9.17, 15) is 9.59 Å². The number of rotatable bonds is 5. The Balaban J connectivity index is 1.38. The fourth-order valence-electron chi connectivity index (χ4n) is 6.58. The second-order valence-corrected chi connectivity index (χ2v) is 9.94. The van der Waals surface area contributed by atoms with Gasteiger partial charge in [0.1, 0.15) is 6.10 Å². The Labute approximate surface area is 201 Å². The van der Waals surface area contributed by atoms with Crippen LogP contribution in [0.1, 0.15) is 62.0 Å². The number of nitrogens with zero attached hydrogens (tertiary/aromatic N) is 1. The highest BCUT2D eigenvalue weighted by atomic mass is 16.6. The van der Waals surface area contributed by atoms with Crippen LogP contribution in [0.4, 0.5) is 0 Å². The fourth-order valence-corrected chi connectivity index (χ4v) is 6.58. The highest BCUT2D eigenvalue weighted by molar-refractivity contribution is 5.97. The number of benzene rings is 1. The molecule has 2 saturated carbocycles. The molecule has 3 fully saturated rings. The second-order valence-electron chi connectivity index (χ2n) is 9.94. The van der Waals surface area contributed by atoms with Gasteiger partial charge in [-0.3, -0.25) is 9.78 Å². The molecule has 2 heterocycles. The van der Waals surface area contributed by atoms with Gasteiger partial charge < -0.3 is 9.47 Å². The van der Waals surface area contributed by atoms with Gasteiger partial charge in [0, 0.05) is 17.7 Å². The molecule has 1 aromatic heterocycles. The molecule has 1 aromatic carbocycles. The summed E-state index contributed by atoms with van der Waals surface area (Å²) < 4.78 is 10.9. The van der Waals surface area contributed by atoms with Crippen molar-refractivity contribution in [3.8, 4) is 11.1 Å². The average molecular weight is 460 g/mol. The first kappa shape index (κ1) is 22.8. The van der Waals surface area contributed by atoms with E-state index in [1.807, 2.05) is 43.5 Å². The van der Waals surface area contributed by atoms with Crippen LogP contribution in [0, 0.1) is 29.6 Å². The molecule has 3 aliphatic rings. The molecular weight excluding hydrogens is 426 g/mol. The molecular formula is C29H33NO4. The normalized spacial score (nSPS) is 30.5. The van der Waals surface area contributed by atoms with E-state index in [0.29, 0.717) is 29.9 Å². The van der Waals surface area contributed by atoms with Crippen LogP contribution in [0.15, 0.2) is 48.7 Å². The summed E-state index contributed by atoms with van der Waals surface area (Å²) in [4.78, 5) is 29.5. The van der Waals surface area contributed by atoms with Crippen LogP contribution in [0.3, 0.4) is 0 Å². The topological polar surface area (TPSA) is 65.5 Å². The summed E-state index contributed by atoms with van der Waals surface area (Å²) in [5.74, 6) is 1.58. The van der Waals surface area contributed by atoms with Crippen LogP contribution in [-0.4, -0.2) is 29.6 Å². The Morgan fingerprint density at radius 1 is 1.18 bits per heavy atom. The summed E-state index contributed by atoms with van der Waals surface area (Å²) in [5, 5.41) is 0. The van der Waals surface area contributed by atoms with Crippen molar-refractivity contribution in [1.82, 2.24) is 4.98 Å². The summed E-state index contributed by atoms with van der Waals surface area (Å²) in [6, 6.07) is 11.5. The van der Waals surface area contributed by atoms with E-state index in [2.05, 4.69) is 24.1 Å². The Morgan fingerprint density at radius 2 is 2.00 bits per heavy atom. The molecule has 0 bridgehead atoms. The molecule has 0 spiro atoms. The van der Waals surface area contributed by atoms with Gasteiger partial charge in [0.25, 0.3) is 0 Å². The third-order valence-corrected chi connectivity index (χ3v) is 8.08. The summed E-state index contributed by atoms with van der Waals surface area (Å²) >= 11 is 0. The molecule has 178 valence electrons. The van der Waals surface area contributed by atoms with Crippen LogP contribution in [0.25, 0.3) is 17.2 Å². The predicted octanol–water partition coefficient (Wildman–Crippen LogP) is 5.94. The Hall–Kier alpha value is -2.95. The number of ether oxygens (including phenoxy) is 2. The lowest BCUT2D eigenvalue weighted by atomic mass is 9.57. The van der Waals surface area contributed by atoms with Crippen molar-refractivity contribution < 1.29 is 19.1 Å². The number of pyridine rings is 1. The van der Waals surface area contributed by atoms with Gasteiger partial charge >= 0.3 is 11.9 Å². The average Bonchev–Trinajstić information content (AvgIpc) is 3.15. The largest absolute Gasteiger partial charge is 0.462 e. The van der Waals surface area contributed by atoms with Crippen LogP contribution >= 0.6 is 0 Å². The zero-order valence-corrected chi connectivity index (χ0v) is 20.0. The monoisotopic (exact) mass is 459 g/mol. The lowest BCUT2D eigenvalue weighted by Crippen LogP contribution is -2.42. The number of allylic oxidation sites excluding steroid dienone is 1. The molecule has 34 heavy (non-hydrogen) atoms. The highest BCUT2D eigenvalue weighted by Crippen LogP contribution is 2.53. The minimum Gasteiger partial charge on any atom is -0.462 e. The van der Waals surface area contributed by atoms with Gasteiger partial charge in [0.05, 0.1) is 23.8 Å². The number of carbonyl (C=O) groups excluding carboxylic acids is 2. The molecule has 0 unspecified atom stereocenters. The van der Waals surface area contributed by atoms with E-state index in [1.165, 1.54) is 25.7 Å². The lowest BCUT2D eigenvalue weighted by Gasteiger charge is -2.45. The third-order valence-electron chi connectivity index (χ3n) is 8.08.